The van der Waals surface area contributed by atoms with E-state index in [0.29, 0.717) is 0 Å². The third-order valence-electron chi connectivity index (χ3n) is 7.16. The summed E-state index contributed by atoms with van der Waals surface area (Å²) in [5, 5.41) is 10.6. The molecule has 0 saturated carbocycles. The normalized spacial score (nSPS) is 12.0. The zero-order chi connectivity index (χ0) is 23.6. The van der Waals surface area contributed by atoms with Crippen molar-refractivity contribution in [3.63, 3.8) is 0 Å². The zero-order valence-electron chi connectivity index (χ0n) is 20.4. The van der Waals surface area contributed by atoms with E-state index in [1.807, 2.05) is 22.7 Å². The molecule has 0 aliphatic rings. The van der Waals surface area contributed by atoms with Crippen molar-refractivity contribution in [3.8, 4) is 8.46 Å². The van der Waals surface area contributed by atoms with Gasteiger partial charge in [-0.05, 0) is 0 Å². The summed E-state index contributed by atoms with van der Waals surface area (Å²) in [5.74, 6) is 0. The molecule has 0 N–H and O–H groups in total. The SMILES string of the molecule is CCCCCCCCCCc1cc2cc3cc4cc5cc(-c6cccs6)[te]c5cc4cc3cc2s1. The molecular weight excluding hydrogens is 576 g/mol. The maximum atomic E-state index is 2.48. The van der Waals surface area contributed by atoms with Gasteiger partial charge in [-0.1, -0.05) is 45.4 Å². The first kappa shape index (κ1) is 23.7. The Kier molecular flexibility index (Phi) is 7.31. The van der Waals surface area contributed by atoms with Gasteiger partial charge in [0.05, 0.1) is 0 Å². The quantitative estimate of drug-likeness (QED) is 0.0825. The van der Waals surface area contributed by atoms with Gasteiger partial charge in [0.1, 0.15) is 0 Å². The molecule has 0 fully saturated rings. The molecule has 3 heteroatoms. The van der Waals surface area contributed by atoms with Crippen LogP contribution in [0.15, 0.2) is 66.0 Å². The van der Waals surface area contributed by atoms with Crippen molar-refractivity contribution in [2.75, 3.05) is 0 Å². The average Bonchev–Trinajstić information content (AvgIpc) is 3.60. The summed E-state index contributed by atoms with van der Waals surface area (Å²) in [6.07, 6.45) is 12.4. The fraction of sp³-hybridized carbons (Fsp3) is 0.312. The predicted molar refractivity (Wildman–Crippen MR) is 161 cm³/mol. The Balaban J connectivity index is 1.21. The second-order valence-corrected chi connectivity index (χ2v) is 15.1. The van der Waals surface area contributed by atoms with E-state index in [9.17, 15) is 0 Å². The standard InChI is InChI=1S/C32H32S2Te/c1-2-3-4-5-6-7-8-9-11-28-18-26-16-22-14-23-17-27-21-32(29-12-10-13-33-29)35-31(27)20-25(23)15-24(22)19-30(26)34-28/h10,12-21H,2-9,11H2,1H3. The minimum atomic E-state index is -0.287. The van der Waals surface area contributed by atoms with E-state index in [2.05, 4.69) is 73.0 Å². The van der Waals surface area contributed by atoms with Gasteiger partial charge in [-0.3, -0.25) is 0 Å². The number of hydrogen-bond acceptors (Lipinski definition) is 2. The molecule has 6 rings (SSSR count). The van der Waals surface area contributed by atoms with Gasteiger partial charge >= 0.3 is 182 Å². The van der Waals surface area contributed by atoms with Crippen molar-refractivity contribution in [3.05, 3.63) is 70.9 Å². The van der Waals surface area contributed by atoms with Gasteiger partial charge in [-0.15, -0.1) is 0 Å². The van der Waals surface area contributed by atoms with Crippen LogP contribution in [0, 0.1) is 0 Å². The van der Waals surface area contributed by atoms with Crippen molar-refractivity contribution < 1.29 is 0 Å². The zero-order valence-corrected chi connectivity index (χ0v) is 24.4. The van der Waals surface area contributed by atoms with Gasteiger partial charge in [-0.25, -0.2) is 0 Å². The van der Waals surface area contributed by atoms with Crippen molar-refractivity contribution in [1.82, 2.24) is 0 Å². The Morgan fingerprint density at radius 1 is 0.657 bits per heavy atom. The fourth-order valence-electron chi connectivity index (χ4n) is 5.23. The summed E-state index contributed by atoms with van der Waals surface area (Å²) >= 11 is 3.60. The Bertz CT molecular complexity index is 1490. The second kappa shape index (κ2) is 10.8. The van der Waals surface area contributed by atoms with Crippen LogP contribution in [0.1, 0.15) is 63.2 Å². The topological polar surface area (TPSA) is 0 Å². The number of unbranched alkanes of at least 4 members (excludes halogenated alkanes) is 7. The number of rotatable bonds is 10. The van der Waals surface area contributed by atoms with Crippen molar-refractivity contribution >= 4 is 83.5 Å². The molecule has 0 amide bonds. The Morgan fingerprint density at radius 2 is 1.34 bits per heavy atom. The number of aryl methyl sites for hydroxylation is 1. The number of fused-ring (bicyclic) bond motifs is 4. The van der Waals surface area contributed by atoms with Crippen LogP contribution in [0.3, 0.4) is 0 Å². The molecular formula is C32H32S2Te. The number of thiophene rings is 2. The van der Waals surface area contributed by atoms with Gasteiger partial charge in [0, 0.05) is 0 Å². The monoisotopic (exact) mass is 610 g/mol. The van der Waals surface area contributed by atoms with Crippen LogP contribution in [-0.2, 0) is 6.42 Å². The van der Waals surface area contributed by atoms with Crippen LogP contribution in [0.25, 0.3) is 48.9 Å². The molecule has 3 heterocycles. The molecule has 0 aliphatic carbocycles. The Labute approximate surface area is 226 Å². The van der Waals surface area contributed by atoms with E-state index in [1.54, 1.807) is 11.9 Å². The molecule has 0 bridgehead atoms. The molecule has 0 spiro atoms. The van der Waals surface area contributed by atoms with Crippen molar-refractivity contribution in [2.24, 2.45) is 0 Å². The van der Waals surface area contributed by atoms with Gasteiger partial charge < -0.3 is 0 Å². The first-order valence-corrected chi connectivity index (χ1v) is 17.2. The van der Waals surface area contributed by atoms with Gasteiger partial charge in [0.25, 0.3) is 0 Å². The summed E-state index contributed by atoms with van der Waals surface area (Å²) in [7, 11) is 0. The molecule has 0 radical (unpaired) electrons. The molecule has 6 aromatic rings. The van der Waals surface area contributed by atoms with Gasteiger partial charge in [0.2, 0.25) is 0 Å². The van der Waals surface area contributed by atoms with E-state index < -0.39 is 0 Å². The summed E-state index contributed by atoms with van der Waals surface area (Å²) in [4.78, 5) is 3.02. The fourth-order valence-corrected chi connectivity index (χ4v) is 10.6. The molecule has 3 aromatic heterocycles. The first-order chi connectivity index (χ1) is 17.3. The maximum absolute atomic E-state index is 2.48. The third-order valence-corrected chi connectivity index (χ3v) is 12.9. The van der Waals surface area contributed by atoms with E-state index in [4.69, 9.17) is 0 Å². The Morgan fingerprint density at radius 3 is 2.11 bits per heavy atom. The molecule has 0 saturated heterocycles. The molecule has 0 atom stereocenters. The Hall–Kier alpha value is -1.63. The molecule has 0 aliphatic heterocycles. The first-order valence-electron chi connectivity index (χ1n) is 13.1. The van der Waals surface area contributed by atoms with Crippen molar-refractivity contribution in [1.29, 1.82) is 0 Å². The summed E-state index contributed by atoms with van der Waals surface area (Å²) in [6, 6.07) is 24.0. The third kappa shape index (κ3) is 5.26. The van der Waals surface area contributed by atoms with Crippen molar-refractivity contribution in [2.45, 2.75) is 64.7 Å². The molecule has 178 valence electrons. The van der Waals surface area contributed by atoms with Crippen LogP contribution in [0.5, 0.6) is 0 Å². The van der Waals surface area contributed by atoms with Crippen LogP contribution in [0.2, 0.25) is 0 Å². The molecule has 0 unspecified atom stereocenters. The summed E-state index contributed by atoms with van der Waals surface area (Å²) in [6.45, 7) is 2.29. The van der Waals surface area contributed by atoms with Crippen LogP contribution < -0.4 is 0 Å². The van der Waals surface area contributed by atoms with E-state index in [1.165, 1.54) is 99.7 Å². The van der Waals surface area contributed by atoms with E-state index in [0.717, 1.165) is 0 Å². The van der Waals surface area contributed by atoms with Gasteiger partial charge in [0.15, 0.2) is 0 Å². The second-order valence-electron chi connectivity index (χ2n) is 9.85. The number of hydrogen-bond donors (Lipinski definition) is 0. The van der Waals surface area contributed by atoms with Crippen LogP contribution >= 0.6 is 22.7 Å². The molecule has 35 heavy (non-hydrogen) atoms. The van der Waals surface area contributed by atoms with E-state index in [-0.39, 0.29) is 20.4 Å². The summed E-state index contributed by atoms with van der Waals surface area (Å²) in [5.41, 5.74) is 0. The predicted octanol–water partition coefficient (Wildman–Crippen LogP) is 10.8. The molecule has 0 nitrogen and oxygen atoms in total. The van der Waals surface area contributed by atoms with E-state index >= 15 is 0 Å². The van der Waals surface area contributed by atoms with Crippen LogP contribution in [0.4, 0.5) is 0 Å². The van der Waals surface area contributed by atoms with Crippen LogP contribution in [-0.4, -0.2) is 20.4 Å². The molecule has 3 aromatic carbocycles. The number of benzene rings is 3. The van der Waals surface area contributed by atoms with Gasteiger partial charge in [-0.2, -0.15) is 0 Å². The minimum absolute atomic E-state index is 0.287. The summed E-state index contributed by atoms with van der Waals surface area (Å²) < 4.78 is 4.63. The average molecular weight is 608 g/mol.